The minimum Gasteiger partial charge on any atom is -0.493 e. The Morgan fingerprint density at radius 2 is 1.62 bits per heavy atom. The molecule has 3 amide bonds. The van der Waals surface area contributed by atoms with Crippen LogP contribution in [-0.4, -0.2) is 74.7 Å². The van der Waals surface area contributed by atoms with Gasteiger partial charge in [-0.1, -0.05) is 18.2 Å². The number of piperazine rings is 1. The number of nitrogens with one attached hydrogen (secondary N) is 1. The number of ether oxygens (including phenoxy) is 3. The molecular weight excluding hydrogens is 438 g/mol. The molecule has 3 rings (SSSR count). The summed E-state index contributed by atoms with van der Waals surface area (Å²) in [6.45, 7) is 3.63. The maximum atomic E-state index is 13.1. The molecule has 0 aliphatic carbocycles. The molecule has 1 fully saturated rings. The van der Waals surface area contributed by atoms with Crippen molar-refractivity contribution < 1.29 is 28.6 Å². The molecule has 0 unspecified atom stereocenters. The van der Waals surface area contributed by atoms with E-state index in [9.17, 15) is 14.4 Å². The van der Waals surface area contributed by atoms with Crippen molar-refractivity contribution in [2.24, 2.45) is 0 Å². The van der Waals surface area contributed by atoms with Gasteiger partial charge in [0.05, 0.1) is 32.1 Å². The first-order valence-corrected chi connectivity index (χ1v) is 11.0. The van der Waals surface area contributed by atoms with E-state index in [1.54, 1.807) is 79.5 Å². The summed E-state index contributed by atoms with van der Waals surface area (Å²) < 4.78 is 15.5. The molecule has 1 aliphatic heterocycles. The highest BCUT2D eigenvalue weighted by molar-refractivity contribution is 6.07. The predicted octanol–water partition coefficient (Wildman–Crippen LogP) is 3.27. The Kier molecular flexibility index (Phi) is 8.50. The molecule has 1 heterocycles. The van der Waals surface area contributed by atoms with E-state index in [4.69, 9.17) is 14.2 Å². The van der Waals surface area contributed by atoms with Gasteiger partial charge in [0.15, 0.2) is 11.5 Å². The largest absolute Gasteiger partial charge is 0.493 e. The number of amides is 3. The standard InChI is InChI=1S/C25H29N3O6/c1-4-34-25(31)28-15-13-27(14-16-28)24(30)19-7-5-6-8-20(19)26-23(29)12-10-18-9-11-21(32-2)22(17-18)33-3/h5-12,17H,4,13-16H2,1-3H3,(H,26,29)/b12-10+. The summed E-state index contributed by atoms with van der Waals surface area (Å²) in [7, 11) is 3.10. The predicted molar refractivity (Wildman–Crippen MR) is 128 cm³/mol. The van der Waals surface area contributed by atoms with Crippen LogP contribution in [0.25, 0.3) is 6.08 Å². The molecule has 1 aliphatic rings. The van der Waals surface area contributed by atoms with Crippen molar-refractivity contribution in [2.45, 2.75) is 6.92 Å². The first-order chi connectivity index (χ1) is 16.5. The van der Waals surface area contributed by atoms with Crippen molar-refractivity contribution in [3.8, 4) is 11.5 Å². The van der Waals surface area contributed by atoms with Crippen LogP contribution in [0.2, 0.25) is 0 Å². The van der Waals surface area contributed by atoms with Gasteiger partial charge in [-0.15, -0.1) is 0 Å². The molecule has 0 radical (unpaired) electrons. The van der Waals surface area contributed by atoms with Gasteiger partial charge < -0.3 is 29.3 Å². The number of anilines is 1. The van der Waals surface area contributed by atoms with Crippen molar-refractivity contribution in [3.05, 3.63) is 59.7 Å². The number of carbonyl (C=O) groups is 3. The Bertz CT molecular complexity index is 1060. The van der Waals surface area contributed by atoms with Gasteiger partial charge in [-0.2, -0.15) is 0 Å². The molecule has 0 spiro atoms. The van der Waals surface area contributed by atoms with E-state index in [1.165, 1.54) is 6.08 Å². The fourth-order valence-corrected chi connectivity index (χ4v) is 3.56. The summed E-state index contributed by atoms with van der Waals surface area (Å²) in [5.41, 5.74) is 1.57. The van der Waals surface area contributed by atoms with Crippen molar-refractivity contribution >= 4 is 29.7 Å². The Morgan fingerprint density at radius 3 is 2.29 bits per heavy atom. The molecule has 0 bridgehead atoms. The van der Waals surface area contributed by atoms with Crippen LogP contribution in [0.5, 0.6) is 11.5 Å². The normalized spacial score (nSPS) is 13.5. The lowest BCUT2D eigenvalue weighted by atomic mass is 10.1. The van der Waals surface area contributed by atoms with Gasteiger partial charge in [0.2, 0.25) is 5.91 Å². The molecule has 2 aromatic carbocycles. The van der Waals surface area contributed by atoms with Crippen molar-refractivity contribution in [2.75, 3.05) is 52.3 Å². The highest BCUT2D eigenvalue weighted by Gasteiger charge is 2.26. The zero-order valence-electron chi connectivity index (χ0n) is 19.6. The molecule has 0 saturated carbocycles. The quantitative estimate of drug-likeness (QED) is 0.628. The summed E-state index contributed by atoms with van der Waals surface area (Å²) in [4.78, 5) is 40.8. The number of rotatable bonds is 7. The lowest BCUT2D eigenvalue weighted by molar-refractivity contribution is -0.111. The second-order valence-electron chi connectivity index (χ2n) is 7.46. The van der Waals surface area contributed by atoms with E-state index in [2.05, 4.69) is 5.32 Å². The molecule has 180 valence electrons. The first-order valence-electron chi connectivity index (χ1n) is 11.0. The van der Waals surface area contributed by atoms with E-state index in [1.807, 2.05) is 0 Å². The Hall–Kier alpha value is -4.01. The molecule has 34 heavy (non-hydrogen) atoms. The van der Waals surface area contributed by atoms with E-state index >= 15 is 0 Å². The first kappa shape index (κ1) is 24.6. The fourth-order valence-electron chi connectivity index (χ4n) is 3.56. The Morgan fingerprint density at radius 1 is 0.941 bits per heavy atom. The molecule has 0 atom stereocenters. The highest BCUT2D eigenvalue weighted by atomic mass is 16.6. The molecule has 1 N–H and O–H groups in total. The van der Waals surface area contributed by atoms with Crippen molar-refractivity contribution in [1.29, 1.82) is 0 Å². The van der Waals surface area contributed by atoms with Crippen molar-refractivity contribution in [3.63, 3.8) is 0 Å². The van der Waals surface area contributed by atoms with Crippen LogP contribution in [0.1, 0.15) is 22.8 Å². The number of para-hydroxylation sites is 1. The Balaban J connectivity index is 1.65. The number of nitrogens with zero attached hydrogens (tertiary/aromatic N) is 2. The molecule has 9 heteroatoms. The second-order valence-corrected chi connectivity index (χ2v) is 7.46. The molecule has 2 aromatic rings. The summed E-state index contributed by atoms with van der Waals surface area (Å²) in [6, 6.07) is 12.2. The molecular formula is C25H29N3O6. The minimum atomic E-state index is -0.373. The summed E-state index contributed by atoms with van der Waals surface area (Å²) >= 11 is 0. The summed E-state index contributed by atoms with van der Waals surface area (Å²) in [5.74, 6) is 0.578. The van der Waals surface area contributed by atoms with Crippen LogP contribution in [0.4, 0.5) is 10.5 Å². The van der Waals surface area contributed by atoms with Crippen LogP contribution < -0.4 is 14.8 Å². The molecule has 9 nitrogen and oxygen atoms in total. The third-order valence-corrected chi connectivity index (χ3v) is 5.34. The average Bonchev–Trinajstić information content (AvgIpc) is 2.87. The van der Waals surface area contributed by atoms with Crippen LogP contribution in [-0.2, 0) is 9.53 Å². The van der Waals surface area contributed by atoms with Crippen LogP contribution in [0, 0.1) is 0 Å². The monoisotopic (exact) mass is 467 g/mol. The maximum absolute atomic E-state index is 13.1. The lowest BCUT2D eigenvalue weighted by Gasteiger charge is -2.34. The van der Waals surface area contributed by atoms with E-state index in [0.717, 1.165) is 5.56 Å². The Labute approximate surface area is 198 Å². The van der Waals surface area contributed by atoms with Gasteiger partial charge in [-0.25, -0.2) is 4.79 Å². The zero-order valence-corrected chi connectivity index (χ0v) is 19.6. The van der Waals surface area contributed by atoms with E-state index < -0.39 is 0 Å². The van der Waals surface area contributed by atoms with E-state index in [0.29, 0.717) is 55.5 Å². The number of hydrogen-bond acceptors (Lipinski definition) is 6. The van der Waals surface area contributed by atoms with Gasteiger partial charge in [0.25, 0.3) is 5.91 Å². The molecule has 0 aromatic heterocycles. The summed E-state index contributed by atoms with van der Waals surface area (Å²) in [5, 5.41) is 2.78. The average molecular weight is 468 g/mol. The van der Waals surface area contributed by atoms with Crippen LogP contribution in [0.15, 0.2) is 48.5 Å². The van der Waals surface area contributed by atoms with Crippen LogP contribution in [0.3, 0.4) is 0 Å². The smallest absolute Gasteiger partial charge is 0.409 e. The zero-order chi connectivity index (χ0) is 24.5. The van der Waals surface area contributed by atoms with Gasteiger partial charge in [0.1, 0.15) is 0 Å². The lowest BCUT2D eigenvalue weighted by Crippen LogP contribution is -2.50. The number of hydrogen-bond donors (Lipinski definition) is 1. The van der Waals surface area contributed by atoms with Crippen molar-refractivity contribution in [1.82, 2.24) is 9.80 Å². The molecule has 1 saturated heterocycles. The third-order valence-electron chi connectivity index (χ3n) is 5.34. The van der Waals surface area contributed by atoms with Gasteiger partial charge >= 0.3 is 6.09 Å². The van der Waals surface area contributed by atoms with Gasteiger partial charge in [-0.05, 0) is 42.8 Å². The highest BCUT2D eigenvalue weighted by Crippen LogP contribution is 2.28. The SMILES string of the molecule is CCOC(=O)N1CCN(C(=O)c2ccccc2NC(=O)/C=C/c2ccc(OC)c(OC)c2)CC1. The fraction of sp³-hybridized carbons (Fsp3) is 0.320. The maximum Gasteiger partial charge on any atom is 0.409 e. The van der Waals surface area contributed by atoms with E-state index in [-0.39, 0.29) is 17.9 Å². The third kappa shape index (κ3) is 6.06. The number of carbonyl (C=O) groups excluding carboxylic acids is 3. The van der Waals surface area contributed by atoms with Crippen LogP contribution >= 0.6 is 0 Å². The minimum absolute atomic E-state index is 0.205. The summed E-state index contributed by atoms with van der Waals surface area (Å²) in [6.07, 6.45) is 2.67. The van der Waals surface area contributed by atoms with Gasteiger partial charge in [-0.3, -0.25) is 9.59 Å². The second kappa shape index (κ2) is 11.7. The topological polar surface area (TPSA) is 97.4 Å². The number of benzene rings is 2. The number of methoxy groups -OCH3 is 2. The van der Waals surface area contributed by atoms with Gasteiger partial charge in [0, 0.05) is 32.3 Å².